The Balaban J connectivity index is 5.07. The summed E-state index contributed by atoms with van der Waals surface area (Å²) in [6.07, 6.45) is 88.4. The Bertz CT molecular complexity index is 1760. The lowest BCUT2D eigenvalue weighted by Crippen LogP contribution is -2.47. The van der Waals surface area contributed by atoms with E-state index in [0.29, 0.717) is 17.4 Å². The number of carbonyl (C=O) groups is 2. The van der Waals surface area contributed by atoms with E-state index in [-0.39, 0.29) is 24.9 Å². The van der Waals surface area contributed by atoms with Crippen molar-refractivity contribution in [2.75, 3.05) is 40.9 Å². The molecule has 0 aromatic heterocycles. The summed E-state index contributed by atoms with van der Waals surface area (Å²) in [5.41, 5.74) is 0. The minimum atomic E-state index is -4.71. The average molecular weight is 1240 g/mol. The zero-order chi connectivity index (χ0) is 63.5. The summed E-state index contributed by atoms with van der Waals surface area (Å²) in [6, 6.07) is -0.895. The molecular weight excluding hydrogens is 1100 g/mol. The van der Waals surface area contributed by atoms with Crippen molar-refractivity contribution < 1.29 is 37.3 Å². The van der Waals surface area contributed by atoms with Gasteiger partial charge in [0.05, 0.1) is 33.8 Å². The number of esters is 1. The fraction of sp³-hybridized carbons (Fsp3) is 0.792. The van der Waals surface area contributed by atoms with E-state index in [4.69, 9.17) is 13.8 Å². The van der Waals surface area contributed by atoms with Crippen LogP contribution in [-0.4, -0.2) is 69.4 Å². The quantitative estimate of drug-likeness (QED) is 0.0212. The van der Waals surface area contributed by atoms with Crippen molar-refractivity contribution in [2.45, 2.75) is 354 Å². The molecule has 0 fully saturated rings. The SMILES string of the molecule is CCCCC/C=C\C/C=C\C/C=C\C/C=C\CCCCCCCCCCCCCC(=O)OC(/C=C\CCCCCCCCCCCCC)C(COP(=O)([O-])OCC[N+](C)(C)C)NC(=O)CCCCCCCCCCCCC/C=C\C/C=C\CCCCC. The third-order valence-electron chi connectivity index (χ3n) is 16.3. The molecule has 0 aliphatic carbocycles. The first-order chi connectivity index (χ1) is 42.4. The van der Waals surface area contributed by atoms with Gasteiger partial charge in [0, 0.05) is 12.8 Å². The van der Waals surface area contributed by atoms with Crippen LogP contribution in [0.15, 0.2) is 85.1 Å². The number of ether oxygens (including phenoxy) is 1. The van der Waals surface area contributed by atoms with Crippen LogP contribution in [-0.2, 0) is 27.9 Å². The van der Waals surface area contributed by atoms with Gasteiger partial charge in [0.2, 0.25) is 5.91 Å². The van der Waals surface area contributed by atoms with E-state index in [1.54, 1.807) is 0 Å². The molecule has 0 saturated carbocycles. The molecule has 9 nitrogen and oxygen atoms in total. The van der Waals surface area contributed by atoms with Crippen LogP contribution < -0.4 is 10.2 Å². The number of phosphoric ester groups is 1. The molecule has 1 amide bonds. The molecule has 87 heavy (non-hydrogen) atoms. The van der Waals surface area contributed by atoms with Crippen LogP contribution in [0.5, 0.6) is 0 Å². The van der Waals surface area contributed by atoms with Gasteiger partial charge >= 0.3 is 5.97 Å². The number of hydrogen-bond acceptors (Lipinski definition) is 7. The maximum Gasteiger partial charge on any atom is 0.306 e. The fourth-order valence-corrected chi connectivity index (χ4v) is 11.3. The number of carbonyl (C=O) groups excluding carboxylic acids is 2. The smallest absolute Gasteiger partial charge is 0.306 e. The lowest BCUT2D eigenvalue weighted by atomic mass is 10.0. The molecule has 3 atom stereocenters. The number of amides is 1. The zero-order valence-electron chi connectivity index (χ0n) is 58.0. The van der Waals surface area contributed by atoms with Gasteiger partial charge in [-0.1, -0.05) is 305 Å². The number of quaternary nitrogens is 1. The van der Waals surface area contributed by atoms with Crippen LogP contribution in [0.4, 0.5) is 0 Å². The number of unbranched alkanes of at least 4 members (excludes halogenated alkanes) is 39. The standard InChI is InChI=1S/C77H141N2O7P/c1-7-10-13-16-19-22-25-28-30-32-34-36-37-38-39-40-41-43-45-47-49-52-55-58-61-64-67-70-77(81)86-75(68-65-62-59-56-53-50-27-24-21-18-15-12-9-3)74(73-85-87(82,83)84-72-71-79(4,5)6)78-76(80)69-66-63-60-57-54-51-48-46-44-42-35-33-31-29-26-23-20-17-14-11-8-2/h19-20,22-23,28-31,34,36,38-39,65,68,74-75H,7-18,21,24-27,32-33,35,37,40-64,66-67,69-73H2,1-6H3,(H-,78,80,82,83)/b22-19-,23-20-,30-28-,31-29-,36-34-,39-38-,68-65-. The van der Waals surface area contributed by atoms with Crippen molar-refractivity contribution in [3.8, 4) is 0 Å². The summed E-state index contributed by atoms with van der Waals surface area (Å²) in [7, 11) is 1.18. The summed E-state index contributed by atoms with van der Waals surface area (Å²) in [6.45, 7) is 6.82. The Hall–Kier alpha value is -2.81. The van der Waals surface area contributed by atoms with E-state index in [2.05, 4.69) is 99.0 Å². The van der Waals surface area contributed by atoms with Crippen LogP contribution in [0, 0.1) is 0 Å². The molecule has 0 aliphatic heterocycles. The van der Waals surface area contributed by atoms with Gasteiger partial charge in [-0.05, 0) is 109 Å². The average Bonchev–Trinajstić information content (AvgIpc) is 3.70. The second-order valence-corrected chi connectivity index (χ2v) is 27.5. The number of likely N-dealkylation sites (N-methyl/N-ethyl adjacent to an activating group) is 1. The molecule has 506 valence electrons. The summed E-state index contributed by atoms with van der Waals surface area (Å²) in [5, 5.41) is 3.05. The summed E-state index contributed by atoms with van der Waals surface area (Å²) < 4.78 is 30.5. The molecule has 0 rings (SSSR count). The van der Waals surface area contributed by atoms with Gasteiger partial charge in [0.1, 0.15) is 19.3 Å². The van der Waals surface area contributed by atoms with Gasteiger partial charge in [0.25, 0.3) is 7.82 Å². The Morgan fingerprint density at radius 1 is 0.402 bits per heavy atom. The normalized spacial score (nSPS) is 14.0. The highest BCUT2D eigenvalue weighted by atomic mass is 31.2. The predicted octanol–water partition coefficient (Wildman–Crippen LogP) is 23.0. The molecule has 0 aromatic carbocycles. The molecule has 0 bridgehead atoms. The molecule has 3 unspecified atom stereocenters. The maximum atomic E-state index is 13.6. The fourth-order valence-electron chi connectivity index (χ4n) is 10.6. The molecule has 0 aliphatic rings. The number of rotatable bonds is 67. The van der Waals surface area contributed by atoms with Gasteiger partial charge < -0.3 is 28.5 Å². The predicted molar refractivity (Wildman–Crippen MR) is 376 cm³/mol. The minimum absolute atomic E-state index is 0.0250. The largest absolute Gasteiger partial charge is 0.756 e. The van der Waals surface area contributed by atoms with Crippen LogP contribution in [0.25, 0.3) is 0 Å². The van der Waals surface area contributed by atoms with E-state index in [1.807, 2.05) is 33.3 Å². The van der Waals surface area contributed by atoms with E-state index in [0.717, 1.165) is 83.5 Å². The number of allylic oxidation sites excluding steroid dienone is 13. The zero-order valence-corrected chi connectivity index (χ0v) is 58.9. The van der Waals surface area contributed by atoms with Crippen molar-refractivity contribution in [1.82, 2.24) is 5.32 Å². The third kappa shape index (κ3) is 67.4. The van der Waals surface area contributed by atoms with Crippen molar-refractivity contribution in [1.29, 1.82) is 0 Å². The van der Waals surface area contributed by atoms with Crippen molar-refractivity contribution in [3.05, 3.63) is 85.1 Å². The molecular formula is C77H141N2O7P. The van der Waals surface area contributed by atoms with Gasteiger partial charge in [-0.25, -0.2) is 0 Å². The van der Waals surface area contributed by atoms with Crippen LogP contribution in [0.3, 0.4) is 0 Å². The molecule has 0 radical (unpaired) electrons. The van der Waals surface area contributed by atoms with E-state index < -0.39 is 26.6 Å². The number of nitrogens with one attached hydrogen (secondary N) is 1. The molecule has 0 saturated heterocycles. The van der Waals surface area contributed by atoms with Crippen molar-refractivity contribution >= 4 is 19.7 Å². The van der Waals surface area contributed by atoms with E-state index in [9.17, 15) is 19.0 Å². The Kier molecular flexibility index (Phi) is 64.0. The monoisotopic (exact) mass is 1240 g/mol. The van der Waals surface area contributed by atoms with Gasteiger partial charge in [-0.3, -0.25) is 14.2 Å². The van der Waals surface area contributed by atoms with Crippen molar-refractivity contribution in [3.63, 3.8) is 0 Å². The van der Waals surface area contributed by atoms with E-state index in [1.165, 1.54) is 225 Å². The van der Waals surface area contributed by atoms with E-state index >= 15 is 0 Å². The molecule has 0 spiro atoms. The summed E-state index contributed by atoms with van der Waals surface area (Å²) in [5.74, 6) is -0.538. The maximum absolute atomic E-state index is 13.6. The third-order valence-corrected chi connectivity index (χ3v) is 17.3. The minimum Gasteiger partial charge on any atom is -0.756 e. The second-order valence-electron chi connectivity index (χ2n) is 26.1. The van der Waals surface area contributed by atoms with Gasteiger partial charge in [-0.2, -0.15) is 0 Å². The topological polar surface area (TPSA) is 114 Å². The molecule has 10 heteroatoms. The van der Waals surface area contributed by atoms with Crippen molar-refractivity contribution in [2.24, 2.45) is 0 Å². The first kappa shape index (κ1) is 84.2. The molecule has 0 heterocycles. The summed E-state index contributed by atoms with van der Waals surface area (Å²) in [4.78, 5) is 40.3. The lowest BCUT2D eigenvalue weighted by molar-refractivity contribution is -0.870. The molecule has 0 aromatic rings. The first-order valence-electron chi connectivity index (χ1n) is 36.9. The Labute approximate surface area is 539 Å². The van der Waals surface area contributed by atoms with Gasteiger partial charge in [-0.15, -0.1) is 0 Å². The van der Waals surface area contributed by atoms with Crippen LogP contribution in [0.1, 0.15) is 342 Å². The Morgan fingerprint density at radius 3 is 1.07 bits per heavy atom. The number of phosphoric acid groups is 1. The van der Waals surface area contributed by atoms with Gasteiger partial charge in [0.15, 0.2) is 0 Å². The van der Waals surface area contributed by atoms with Crippen LogP contribution in [0.2, 0.25) is 0 Å². The Morgan fingerprint density at radius 2 is 0.701 bits per heavy atom. The first-order valence-corrected chi connectivity index (χ1v) is 38.4. The lowest BCUT2D eigenvalue weighted by Gasteiger charge is -2.30. The summed E-state index contributed by atoms with van der Waals surface area (Å²) >= 11 is 0. The highest BCUT2D eigenvalue weighted by Crippen LogP contribution is 2.38. The highest BCUT2D eigenvalue weighted by molar-refractivity contribution is 7.45. The molecule has 1 N–H and O–H groups in total. The van der Waals surface area contributed by atoms with Crippen LogP contribution >= 0.6 is 7.82 Å². The number of hydrogen-bond donors (Lipinski definition) is 1. The number of nitrogens with zero attached hydrogens (tertiary/aromatic N) is 1. The second kappa shape index (κ2) is 66.1. The highest BCUT2D eigenvalue weighted by Gasteiger charge is 2.27.